The number of hydrogen-bond acceptors (Lipinski definition) is 8. The van der Waals surface area contributed by atoms with Crippen LogP contribution < -0.4 is 5.32 Å². The van der Waals surface area contributed by atoms with Crippen LogP contribution in [-0.4, -0.2) is 82.3 Å². The number of fused-ring (bicyclic) bond motifs is 1. The van der Waals surface area contributed by atoms with Crippen LogP contribution in [0.3, 0.4) is 0 Å². The predicted molar refractivity (Wildman–Crippen MR) is 132 cm³/mol. The Labute approximate surface area is 205 Å². The van der Waals surface area contributed by atoms with Gasteiger partial charge in [0.1, 0.15) is 24.0 Å². The SMILES string of the molecule is CCC(Nc1ncnc2c1nc(-c1cnc(C)nc1)n2CC)C(=O)N1C[C@@H](C)N(C(C)=O)[C@@H](C)C1. The standard InChI is InChI=1S/C24H33N9O2/c1-7-19(24(35)31-11-14(3)33(17(6)34)15(4)12-31)29-21-20-23(28-13-27-21)32(8-2)22(30-20)18-9-25-16(5)26-10-18/h9-10,13-15,19H,7-8,11-12H2,1-6H3,(H,27,28,29)/t14-,15+,19?. The lowest BCUT2D eigenvalue weighted by molar-refractivity contribution is -0.145. The van der Waals surface area contributed by atoms with Gasteiger partial charge < -0.3 is 19.7 Å². The number of aromatic nitrogens is 6. The maximum Gasteiger partial charge on any atom is 0.245 e. The summed E-state index contributed by atoms with van der Waals surface area (Å²) in [6, 6.07) is -0.555. The van der Waals surface area contributed by atoms with Crippen molar-refractivity contribution in [3.63, 3.8) is 0 Å². The number of piperazine rings is 1. The second kappa shape index (κ2) is 9.93. The molecule has 3 atom stereocenters. The molecule has 0 spiro atoms. The molecule has 186 valence electrons. The Kier molecular flexibility index (Phi) is 6.95. The van der Waals surface area contributed by atoms with Crippen molar-refractivity contribution in [2.75, 3.05) is 18.4 Å². The lowest BCUT2D eigenvalue weighted by Crippen LogP contribution is -2.61. The molecule has 1 N–H and O–H groups in total. The van der Waals surface area contributed by atoms with Crippen LogP contribution >= 0.6 is 0 Å². The van der Waals surface area contributed by atoms with E-state index in [9.17, 15) is 9.59 Å². The van der Waals surface area contributed by atoms with Gasteiger partial charge in [-0.1, -0.05) is 6.92 Å². The molecule has 1 unspecified atom stereocenters. The number of carbonyl (C=O) groups is 2. The zero-order chi connectivity index (χ0) is 25.3. The molecule has 35 heavy (non-hydrogen) atoms. The van der Waals surface area contributed by atoms with E-state index in [1.165, 1.54) is 6.33 Å². The van der Waals surface area contributed by atoms with Gasteiger partial charge >= 0.3 is 0 Å². The van der Waals surface area contributed by atoms with Gasteiger partial charge in [-0.15, -0.1) is 0 Å². The Morgan fingerprint density at radius 2 is 1.74 bits per heavy atom. The van der Waals surface area contributed by atoms with Crippen LogP contribution in [0.2, 0.25) is 0 Å². The third kappa shape index (κ3) is 4.67. The highest BCUT2D eigenvalue weighted by Crippen LogP contribution is 2.27. The van der Waals surface area contributed by atoms with Crippen molar-refractivity contribution in [3.05, 3.63) is 24.5 Å². The molecule has 1 fully saturated rings. The van der Waals surface area contributed by atoms with E-state index in [1.54, 1.807) is 19.3 Å². The zero-order valence-electron chi connectivity index (χ0n) is 21.2. The van der Waals surface area contributed by atoms with Crippen molar-refractivity contribution in [1.29, 1.82) is 0 Å². The van der Waals surface area contributed by atoms with Crippen LogP contribution in [-0.2, 0) is 16.1 Å². The molecule has 3 aromatic heterocycles. The molecule has 11 heteroatoms. The minimum Gasteiger partial charge on any atom is -0.356 e. The number of hydrogen-bond donors (Lipinski definition) is 1. The van der Waals surface area contributed by atoms with E-state index in [4.69, 9.17) is 4.98 Å². The van der Waals surface area contributed by atoms with Crippen molar-refractivity contribution in [3.8, 4) is 11.4 Å². The summed E-state index contributed by atoms with van der Waals surface area (Å²) < 4.78 is 1.99. The minimum absolute atomic E-state index is 0.0109. The second-order valence-corrected chi connectivity index (χ2v) is 9.07. The third-order valence-corrected chi connectivity index (χ3v) is 6.50. The van der Waals surface area contributed by atoms with E-state index in [2.05, 4.69) is 25.3 Å². The maximum atomic E-state index is 13.5. The monoisotopic (exact) mass is 479 g/mol. The topological polar surface area (TPSA) is 122 Å². The Hall–Kier alpha value is -3.63. The molecule has 2 amide bonds. The van der Waals surface area contributed by atoms with Crippen molar-refractivity contribution in [2.45, 2.75) is 72.6 Å². The van der Waals surface area contributed by atoms with Gasteiger partial charge in [0.2, 0.25) is 11.8 Å². The van der Waals surface area contributed by atoms with Gasteiger partial charge in [-0.25, -0.2) is 24.9 Å². The van der Waals surface area contributed by atoms with E-state index >= 15 is 0 Å². The first-order chi connectivity index (χ1) is 16.7. The fraction of sp³-hybridized carbons (Fsp3) is 0.542. The second-order valence-electron chi connectivity index (χ2n) is 9.07. The average molecular weight is 480 g/mol. The van der Waals surface area contributed by atoms with Gasteiger partial charge in [0.25, 0.3) is 0 Å². The Morgan fingerprint density at radius 3 is 2.31 bits per heavy atom. The highest BCUT2D eigenvalue weighted by molar-refractivity contribution is 5.90. The number of anilines is 1. The molecular formula is C24H33N9O2. The lowest BCUT2D eigenvalue weighted by atomic mass is 10.1. The normalized spacial score (nSPS) is 19.1. The van der Waals surface area contributed by atoms with Crippen LogP contribution in [0.4, 0.5) is 5.82 Å². The predicted octanol–water partition coefficient (Wildman–Crippen LogP) is 2.27. The van der Waals surface area contributed by atoms with Gasteiger partial charge in [-0.05, 0) is 34.1 Å². The Morgan fingerprint density at radius 1 is 1.09 bits per heavy atom. The fourth-order valence-corrected chi connectivity index (χ4v) is 4.92. The first-order valence-corrected chi connectivity index (χ1v) is 12.1. The van der Waals surface area contributed by atoms with E-state index < -0.39 is 6.04 Å². The largest absolute Gasteiger partial charge is 0.356 e. The summed E-state index contributed by atoms with van der Waals surface area (Å²) in [5, 5.41) is 3.33. The Balaban J connectivity index is 1.62. The first-order valence-electron chi connectivity index (χ1n) is 12.1. The van der Waals surface area contributed by atoms with Gasteiger partial charge in [-0.2, -0.15) is 0 Å². The molecule has 3 aromatic rings. The number of aryl methyl sites for hydroxylation is 2. The number of nitrogens with zero attached hydrogens (tertiary/aromatic N) is 8. The smallest absolute Gasteiger partial charge is 0.245 e. The first kappa shape index (κ1) is 24.5. The van der Waals surface area contributed by atoms with Crippen LogP contribution in [0.1, 0.15) is 46.9 Å². The molecular weight excluding hydrogens is 446 g/mol. The molecule has 0 saturated carbocycles. The van der Waals surface area contributed by atoms with Crippen molar-refractivity contribution in [2.24, 2.45) is 0 Å². The molecule has 0 aromatic carbocycles. The molecule has 11 nitrogen and oxygen atoms in total. The van der Waals surface area contributed by atoms with Gasteiger partial charge in [-0.3, -0.25) is 9.59 Å². The quantitative estimate of drug-likeness (QED) is 0.571. The highest BCUT2D eigenvalue weighted by atomic mass is 16.2. The highest BCUT2D eigenvalue weighted by Gasteiger charge is 2.35. The molecule has 1 saturated heterocycles. The summed E-state index contributed by atoms with van der Waals surface area (Å²) in [4.78, 5) is 51.5. The van der Waals surface area contributed by atoms with Gasteiger partial charge in [0.05, 0.1) is 5.56 Å². The van der Waals surface area contributed by atoms with Crippen molar-refractivity contribution < 1.29 is 9.59 Å². The van der Waals surface area contributed by atoms with Gasteiger partial charge in [0.15, 0.2) is 17.0 Å². The molecule has 4 rings (SSSR count). The zero-order valence-corrected chi connectivity index (χ0v) is 21.2. The number of amides is 2. The van der Waals surface area contributed by atoms with Crippen molar-refractivity contribution in [1.82, 2.24) is 39.3 Å². The van der Waals surface area contributed by atoms with E-state index in [0.717, 1.165) is 5.56 Å². The number of nitrogens with one attached hydrogen (secondary N) is 1. The lowest BCUT2D eigenvalue weighted by Gasteiger charge is -2.44. The summed E-state index contributed by atoms with van der Waals surface area (Å²) in [5.74, 6) is 1.93. The fourth-order valence-electron chi connectivity index (χ4n) is 4.92. The molecule has 0 radical (unpaired) electrons. The van der Waals surface area contributed by atoms with E-state index in [0.29, 0.717) is 54.7 Å². The molecule has 0 aliphatic carbocycles. The average Bonchev–Trinajstić information content (AvgIpc) is 3.21. The third-order valence-electron chi connectivity index (χ3n) is 6.50. The van der Waals surface area contributed by atoms with Gasteiger partial charge in [0, 0.05) is 51.0 Å². The summed E-state index contributed by atoms with van der Waals surface area (Å²) >= 11 is 0. The maximum absolute atomic E-state index is 13.5. The van der Waals surface area contributed by atoms with E-state index in [-0.39, 0.29) is 23.9 Å². The van der Waals surface area contributed by atoms with Crippen molar-refractivity contribution >= 4 is 28.8 Å². The summed E-state index contributed by atoms with van der Waals surface area (Å²) in [5.41, 5.74) is 2.07. The molecule has 1 aliphatic heterocycles. The van der Waals surface area contributed by atoms with Crippen LogP contribution in [0.25, 0.3) is 22.6 Å². The summed E-state index contributed by atoms with van der Waals surface area (Å²) in [7, 11) is 0. The van der Waals surface area contributed by atoms with Crippen LogP contribution in [0, 0.1) is 6.92 Å². The molecule has 0 bridgehead atoms. The Bertz CT molecular complexity index is 1210. The summed E-state index contributed by atoms with van der Waals surface area (Å²) in [6.45, 7) is 13.0. The minimum atomic E-state index is -0.477. The number of imidazole rings is 1. The molecule has 1 aliphatic rings. The van der Waals surface area contributed by atoms with Crippen LogP contribution in [0.15, 0.2) is 18.7 Å². The molecule has 4 heterocycles. The van der Waals surface area contributed by atoms with E-state index in [1.807, 2.05) is 49.0 Å². The van der Waals surface area contributed by atoms with Crippen LogP contribution in [0.5, 0.6) is 0 Å². The number of rotatable bonds is 6. The summed E-state index contributed by atoms with van der Waals surface area (Å²) in [6.07, 6.45) is 5.56. The number of carbonyl (C=O) groups excluding carboxylic acids is 2.